The first-order valence-electron chi connectivity index (χ1n) is 7.17. The van der Waals surface area contributed by atoms with Crippen LogP contribution in [-0.2, 0) is 9.05 Å². The maximum Gasteiger partial charge on any atom is 0.206 e. The van der Waals surface area contributed by atoms with Gasteiger partial charge in [0.25, 0.3) is 0 Å². The Hall–Kier alpha value is -1.81. The molecule has 5 nitrogen and oxygen atoms in total. The Bertz CT molecular complexity index is 804. The number of rotatable bonds is 5. The molecule has 1 N–H and O–H groups in total. The second kappa shape index (κ2) is 6.53. The van der Waals surface area contributed by atoms with Crippen molar-refractivity contribution >= 4 is 35.5 Å². The summed E-state index contributed by atoms with van der Waals surface area (Å²) in [5, 5.41) is 12.5. The second-order valence-corrected chi connectivity index (χ2v) is 6.20. The van der Waals surface area contributed by atoms with E-state index in [9.17, 15) is 5.11 Å². The molecular weight excluding hydrogens is 299 g/mol. The van der Waals surface area contributed by atoms with Crippen molar-refractivity contribution in [1.29, 1.82) is 0 Å². The van der Waals surface area contributed by atoms with Gasteiger partial charge in [-0.15, -0.1) is 0 Å². The van der Waals surface area contributed by atoms with Crippen LogP contribution in [0.1, 0.15) is 13.8 Å². The summed E-state index contributed by atoms with van der Waals surface area (Å²) in [7, 11) is -1.11. The van der Waals surface area contributed by atoms with Gasteiger partial charge in [-0.3, -0.25) is 9.97 Å². The first-order chi connectivity index (χ1) is 10.7. The van der Waals surface area contributed by atoms with E-state index in [0.717, 1.165) is 16.2 Å². The molecule has 22 heavy (non-hydrogen) atoms. The summed E-state index contributed by atoms with van der Waals surface area (Å²) in [6.45, 7) is 5.08. The lowest BCUT2D eigenvalue weighted by Crippen LogP contribution is -2.07. The van der Waals surface area contributed by atoms with Crippen LogP contribution in [-0.4, -0.2) is 28.3 Å². The minimum absolute atomic E-state index is 0.212. The van der Waals surface area contributed by atoms with Gasteiger partial charge in [0, 0.05) is 28.5 Å². The standard InChI is InChI=1S/C16H17N2O3P/c1-3-20-22(21-4-2)12-9-11-5-6-13-14(19)7-8-17-16(13)15(11)18-10-12/h5-10H,3-4H2,1-2H3,(H,17,19). The summed E-state index contributed by atoms with van der Waals surface area (Å²) in [6, 6.07) is 7.38. The number of aromatic nitrogens is 2. The first-order valence-corrected chi connectivity index (χ1v) is 8.34. The highest BCUT2D eigenvalue weighted by Crippen LogP contribution is 2.37. The van der Waals surface area contributed by atoms with E-state index < -0.39 is 8.38 Å². The Kier molecular flexibility index (Phi) is 4.48. The average Bonchev–Trinajstić information content (AvgIpc) is 2.54. The van der Waals surface area contributed by atoms with Crippen molar-refractivity contribution in [2.24, 2.45) is 0 Å². The van der Waals surface area contributed by atoms with Gasteiger partial charge < -0.3 is 14.2 Å². The van der Waals surface area contributed by atoms with Gasteiger partial charge >= 0.3 is 0 Å². The molecule has 0 aliphatic heterocycles. The molecule has 0 radical (unpaired) electrons. The number of aromatic hydroxyl groups is 1. The van der Waals surface area contributed by atoms with Gasteiger partial charge in [0.05, 0.1) is 18.7 Å². The van der Waals surface area contributed by atoms with Crippen LogP contribution in [0.3, 0.4) is 0 Å². The fraction of sp³-hybridized carbons (Fsp3) is 0.250. The van der Waals surface area contributed by atoms with Gasteiger partial charge in [-0.1, -0.05) is 6.07 Å². The molecule has 2 heterocycles. The predicted molar refractivity (Wildman–Crippen MR) is 88.5 cm³/mol. The zero-order valence-electron chi connectivity index (χ0n) is 12.5. The molecule has 0 aliphatic carbocycles. The quantitative estimate of drug-likeness (QED) is 0.576. The Morgan fingerprint density at radius 2 is 1.82 bits per heavy atom. The van der Waals surface area contributed by atoms with Gasteiger partial charge in [-0.2, -0.15) is 0 Å². The third-order valence-electron chi connectivity index (χ3n) is 3.23. The van der Waals surface area contributed by atoms with Gasteiger partial charge in [0.1, 0.15) is 11.3 Å². The summed E-state index contributed by atoms with van der Waals surface area (Å²) < 4.78 is 11.3. The molecule has 0 spiro atoms. The van der Waals surface area contributed by atoms with Crippen molar-refractivity contribution in [3.05, 3.63) is 36.7 Å². The maximum atomic E-state index is 9.91. The molecule has 0 aliphatic rings. The number of benzene rings is 1. The normalized spacial score (nSPS) is 11.6. The fourth-order valence-electron chi connectivity index (χ4n) is 2.30. The topological polar surface area (TPSA) is 64.5 Å². The highest BCUT2D eigenvalue weighted by atomic mass is 31.2. The largest absolute Gasteiger partial charge is 0.507 e. The summed E-state index contributed by atoms with van der Waals surface area (Å²) in [5.41, 5.74) is 1.46. The molecule has 3 aromatic rings. The Balaban J connectivity index is 2.12. The van der Waals surface area contributed by atoms with E-state index in [4.69, 9.17) is 9.05 Å². The van der Waals surface area contributed by atoms with Crippen molar-refractivity contribution in [2.45, 2.75) is 13.8 Å². The molecule has 0 bridgehead atoms. The Morgan fingerprint density at radius 1 is 1.05 bits per heavy atom. The predicted octanol–water partition coefficient (Wildman–Crippen LogP) is 3.50. The van der Waals surface area contributed by atoms with E-state index in [2.05, 4.69) is 9.97 Å². The number of hydrogen-bond acceptors (Lipinski definition) is 5. The molecule has 0 saturated heterocycles. The Morgan fingerprint density at radius 3 is 2.55 bits per heavy atom. The van der Waals surface area contributed by atoms with Crippen molar-refractivity contribution < 1.29 is 14.2 Å². The second-order valence-electron chi connectivity index (χ2n) is 4.65. The third-order valence-corrected chi connectivity index (χ3v) is 4.88. The lowest BCUT2D eigenvalue weighted by atomic mass is 10.1. The maximum absolute atomic E-state index is 9.91. The van der Waals surface area contributed by atoms with Gasteiger partial charge in [0.15, 0.2) is 0 Å². The number of nitrogens with zero attached hydrogens (tertiary/aromatic N) is 2. The van der Waals surface area contributed by atoms with E-state index in [1.165, 1.54) is 0 Å². The van der Waals surface area contributed by atoms with Gasteiger partial charge in [-0.25, -0.2) is 0 Å². The molecule has 2 aromatic heterocycles. The van der Waals surface area contributed by atoms with Crippen LogP contribution in [0.15, 0.2) is 36.7 Å². The van der Waals surface area contributed by atoms with Crippen LogP contribution in [0.25, 0.3) is 21.8 Å². The molecule has 0 saturated carbocycles. The van der Waals surface area contributed by atoms with Crippen LogP contribution in [0.5, 0.6) is 5.75 Å². The van der Waals surface area contributed by atoms with Crippen LogP contribution in [0.2, 0.25) is 0 Å². The fourth-order valence-corrected chi connectivity index (χ4v) is 3.54. The van der Waals surface area contributed by atoms with Gasteiger partial charge in [0.2, 0.25) is 8.38 Å². The van der Waals surface area contributed by atoms with E-state index >= 15 is 0 Å². The number of hydrogen-bond donors (Lipinski definition) is 1. The molecular formula is C16H17N2O3P. The summed E-state index contributed by atoms with van der Waals surface area (Å²) in [6.07, 6.45) is 3.35. The van der Waals surface area contributed by atoms with Crippen LogP contribution >= 0.6 is 8.38 Å². The molecule has 114 valence electrons. The minimum Gasteiger partial charge on any atom is -0.507 e. The lowest BCUT2D eigenvalue weighted by molar-refractivity contribution is 0.277. The van der Waals surface area contributed by atoms with Crippen molar-refractivity contribution in [3.8, 4) is 5.75 Å². The molecule has 3 rings (SSSR count). The van der Waals surface area contributed by atoms with Crippen molar-refractivity contribution in [1.82, 2.24) is 9.97 Å². The number of fused-ring (bicyclic) bond motifs is 3. The SMILES string of the molecule is CCOP(OCC)c1cnc2c(ccc3c(O)ccnc32)c1. The highest BCUT2D eigenvalue weighted by molar-refractivity contribution is 7.56. The van der Waals surface area contributed by atoms with Crippen LogP contribution in [0, 0.1) is 0 Å². The monoisotopic (exact) mass is 316 g/mol. The molecule has 6 heteroatoms. The van der Waals surface area contributed by atoms with Crippen LogP contribution in [0.4, 0.5) is 0 Å². The molecule has 0 amide bonds. The molecule has 0 unspecified atom stereocenters. The zero-order valence-corrected chi connectivity index (χ0v) is 13.4. The van der Waals surface area contributed by atoms with E-state index in [1.54, 1.807) is 18.5 Å². The zero-order chi connectivity index (χ0) is 15.5. The van der Waals surface area contributed by atoms with Crippen molar-refractivity contribution in [3.63, 3.8) is 0 Å². The first kappa shape index (κ1) is 15.1. The Labute approximate surface area is 129 Å². The summed E-state index contributed by atoms with van der Waals surface area (Å²) in [5.74, 6) is 0.212. The summed E-state index contributed by atoms with van der Waals surface area (Å²) in [4.78, 5) is 8.86. The molecule has 0 fully saturated rings. The highest BCUT2D eigenvalue weighted by Gasteiger charge is 2.15. The number of pyridine rings is 2. The van der Waals surface area contributed by atoms with E-state index in [-0.39, 0.29) is 5.75 Å². The lowest BCUT2D eigenvalue weighted by Gasteiger charge is -2.16. The van der Waals surface area contributed by atoms with E-state index in [1.807, 2.05) is 32.0 Å². The van der Waals surface area contributed by atoms with E-state index in [0.29, 0.717) is 24.1 Å². The smallest absolute Gasteiger partial charge is 0.206 e. The molecule has 1 aromatic carbocycles. The molecule has 0 atom stereocenters. The third kappa shape index (κ3) is 2.75. The minimum atomic E-state index is -1.11. The van der Waals surface area contributed by atoms with Crippen molar-refractivity contribution in [2.75, 3.05) is 13.2 Å². The average molecular weight is 316 g/mol. The van der Waals surface area contributed by atoms with Crippen LogP contribution < -0.4 is 5.30 Å². The van der Waals surface area contributed by atoms with Gasteiger partial charge in [-0.05, 0) is 32.0 Å². The summed E-state index contributed by atoms with van der Waals surface area (Å²) >= 11 is 0.